The summed E-state index contributed by atoms with van der Waals surface area (Å²) in [7, 11) is 1.92. The third-order valence-electron chi connectivity index (χ3n) is 6.33. The molecule has 1 aromatic carbocycles. The summed E-state index contributed by atoms with van der Waals surface area (Å²) in [6.45, 7) is 7.58. The van der Waals surface area contributed by atoms with Crippen LogP contribution in [0.1, 0.15) is 47.6 Å². The highest BCUT2D eigenvalue weighted by Gasteiger charge is 2.25. The first-order chi connectivity index (χ1) is 15.4. The van der Waals surface area contributed by atoms with E-state index < -0.39 is 0 Å². The molecule has 7 nitrogen and oxygen atoms in total. The third kappa shape index (κ3) is 4.42. The van der Waals surface area contributed by atoms with Gasteiger partial charge in [0.05, 0.1) is 41.0 Å². The van der Waals surface area contributed by atoms with Crippen molar-refractivity contribution in [2.24, 2.45) is 0 Å². The van der Waals surface area contributed by atoms with Gasteiger partial charge in [0, 0.05) is 12.3 Å². The lowest BCUT2D eigenvalue weighted by molar-refractivity contribution is -0.117. The number of carbonyl (C=O) groups is 1. The van der Waals surface area contributed by atoms with Crippen LogP contribution in [0.2, 0.25) is 0 Å². The molecule has 1 fully saturated rings. The SMILES string of the molecule is Cc1c(C#N)c(NC(=O)CN(C)[C@H](C)c2nc3ccccc3s2)n(C[C@H]2CCCO2)c1C. The number of hydrogen-bond donors (Lipinski definition) is 1. The Kier molecular flexibility index (Phi) is 6.60. The first-order valence-corrected chi connectivity index (χ1v) is 11.8. The Balaban J connectivity index is 1.49. The van der Waals surface area contributed by atoms with Crippen molar-refractivity contribution < 1.29 is 9.53 Å². The Morgan fingerprint density at radius 3 is 2.91 bits per heavy atom. The van der Waals surface area contributed by atoms with Crippen LogP contribution < -0.4 is 5.32 Å². The number of fused-ring (bicyclic) bond motifs is 1. The first-order valence-electron chi connectivity index (χ1n) is 11.0. The molecule has 1 aliphatic rings. The number of likely N-dealkylation sites (N-methyl/N-ethyl adjacent to an activating group) is 1. The van der Waals surface area contributed by atoms with Crippen LogP contribution in [0, 0.1) is 25.2 Å². The van der Waals surface area contributed by atoms with E-state index in [1.807, 2.05) is 48.6 Å². The lowest BCUT2D eigenvalue weighted by Crippen LogP contribution is -2.33. The van der Waals surface area contributed by atoms with Crippen LogP contribution in [-0.4, -0.2) is 46.7 Å². The number of rotatable bonds is 7. The third-order valence-corrected chi connectivity index (χ3v) is 7.54. The van der Waals surface area contributed by atoms with Gasteiger partial charge in [0.25, 0.3) is 0 Å². The summed E-state index contributed by atoms with van der Waals surface area (Å²) in [4.78, 5) is 19.7. The van der Waals surface area contributed by atoms with Crippen molar-refractivity contribution in [2.75, 3.05) is 25.5 Å². The molecule has 3 aromatic rings. The van der Waals surface area contributed by atoms with Gasteiger partial charge in [0.1, 0.15) is 16.9 Å². The molecule has 0 bridgehead atoms. The Morgan fingerprint density at radius 2 is 2.22 bits per heavy atom. The molecular formula is C24H29N5O2S. The number of benzene rings is 1. The van der Waals surface area contributed by atoms with Gasteiger partial charge in [-0.15, -0.1) is 11.3 Å². The van der Waals surface area contributed by atoms with E-state index in [-0.39, 0.29) is 24.6 Å². The normalized spacial score (nSPS) is 17.1. The number of amides is 1. The predicted octanol–water partition coefficient (Wildman–Crippen LogP) is 4.40. The number of nitriles is 1. The lowest BCUT2D eigenvalue weighted by atomic mass is 10.2. The van der Waals surface area contributed by atoms with Crippen LogP contribution in [0.25, 0.3) is 10.2 Å². The number of nitrogens with zero attached hydrogens (tertiary/aromatic N) is 4. The molecular weight excluding hydrogens is 422 g/mol. The van der Waals surface area contributed by atoms with Crippen LogP contribution in [0.4, 0.5) is 5.82 Å². The number of para-hydroxylation sites is 1. The molecule has 32 heavy (non-hydrogen) atoms. The number of nitrogens with one attached hydrogen (secondary N) is 1. The largest absolute Gasteiger partial charge is 0.376 e. The van der Waals surface area contributed by atoms with E-state index in [0.717, 1.165) is 45.9 Å². The number of anilines is 1. The molecule has 1 saturated heterocycles. The van der Waals surface area contributed by atoms with Gasteiger partial charge in [-0.25, -0.2) is 4.98 Å². The van der Waals surface area contributed by atoms with Crippen molar-refractivity contribution >= 4 is 33.3 Å². The number of ether oxygens (including phenoxy) is 1. The highest BCUT2D eigenvalue weighted by atomic mass is 32.1. The Morgan fingerprint density at radius 1 is 1.44 bits per heavy atom. The zero-order chi connectivity index (χ0) is 22.8. The number of aromatic nitrogens is 2. The van der Waals surface area contributed by atoms with Crippen molar-refractivity contribution in [3.05, 3.63) is 46.1 Å². The smallest absolute Gasteiger partial charge is 0.239 e. The molecule has 0 aliphatic carbocycles. The summed E-state index contributed by atoms with van der Waals surface area (Å²) in [5.41, 5.74) is 3.39. The molecule has 2 atom stereocenters. The fraction of sp³-hybridized carbons (Fsp3) is 0.458. The summed E-state index contributed by atoms with van der Waals surface area (Å²) in [6, 6.07) is 10.3. The van der Waals surface area contributed by atoms with Crippen molar-refractivity contribution in [1.29, 1.82) is 5.26 Å². The molecule has 1 aliphatic heterocycles. The van der Waals surface area contributed by atoms with Crippen molar-refractivity contribution in [1.82, 2.24) is 14.5 Å². The van der Waals surface area contributed by atoms with Crippen molar-refractivity contribution in [3.8, 4) is 6.07 Å². The zero-order valence-electron chi connectivity index (χ0n) is 19.0. The molecule has 0 spiro atoms. The van der Waals surface area contributed by atoms with Gasteiger partial charge in [-0.3, -0.25) is 9.69 Å². The standard InChI is InChI=1S/C24H29N5O2S/c1-15-16(2)29(13-18-8-7-11-31-18)23(19(15)12-25)27-22(30)14-28(4)17(3)24-26-20-9-5-6-10-21(20)32-24/h5-6,9-10,17-18H,7-8,11,13-14H2,1-4H3,(H,27,30)/t17-,18-/m1/s1. The molecule has 1 N–H and O–H groups in total. The second kappa shape index (κ2) is 9.41. The molecule has 8 heteroatoms. The maximum atomic E-state index is 13.0. The first kappa shape index (κ1) is 22.5. The fourth-order valence-corrected chi connectivity index (χ4v) is 5.23. The minimum absolute atomic E-state index is 0.00395. The molecule has 0 unspecified atom stereocenters. The Hall–Kier alpha value is -2.73. The van der Waals surface area contributed by atoms with Gasteiger partial charge in [-0.05, 0) is 58.4 Å². The van der Waals surface area contributed by atoms with Crippen molar-refractivity contribution in [3.63, 3.8) is 0 Å². The van der Waals surface area contributed by atoms with E-state index in [0.29, 0.717) is 17.9 Å². The van der Waals surface area contributed by atoms with E-state index in [1.54, 1.807) is 11.3 Å². The second-order valence-electron chi connectivity index (χ2n) is 8.45. The number of carbonyl (C=O) groups excluding carboxylic acids is 1. The summed E-state index contributed by atoms with van der Waals surface area (Å²) in [5, 5.41) is 13.7. The molecule has 4 rings (SSSR count). The molecule has 3 heterocycles. The number of thiazole rings is 1. The summed E-state index contributed by atoms with van der Waals surface area (Å²) >= 11 is 1.65. The maximum absolute atomic E-state index is 13.0. The van der Waals surface area contributed by atoms with Crippen LogP contribution in [0.15, 0.2) is 24.3 Å². The summed E-state index contributed by atoms with van der Waals surface area (Å²) < 4.78 is 8.96. The van der Waals surface area contributed by atoms with Gasteiger partial charge in [0.15, 0.2) is 0 Å². The topological polar surface area (TPSA) is 83.2 Å². The molecule has 0 radical (unpaired) electrons. The monoisotopic (exact) mass is 451 g/mol. The highest BCUT2D eigenvalue weighted by Crippen LogP contribution is 2.30. The van der Waals surface area contributed by atoms with Crippen LogP contribution in [0.5, 0.6) is 0 Å². The fourth-order valence-electron chi connectivity index (χ4n) is 4.14. The zero-order valence-corrected chi connectivity index (χ0v) is 19.8. The van der Waals surface area contributed by atoms with Gasteiger partial charge in [-0.1, -0.05) is 12.1 Å². The van der Waals surface area contributed by atoms with Crippen LogP contribution >= 0.6 is 11.3 Å². The van der Waals surface area contributed by atoms with Gasteiger partial charge < -0.3 is 14.6 Å². The van der Waals surface area contributed by atoms with Crippen molar-refractivity contribution in [2.45, 2.75) is 52.3 Å². The average Bonchev–Trinajstić information content (AvgIpc) is 3.49. The van der Waals surface area contributed by atoms with Gasteiger partial charge in [0.2, 0.25) is 5.91 Å². The quantitative estimate of drug-likeness (QED) is 0.576. The molecule has 0 saturated carbocycles. The van der Waals surface area contributed by atoms with E-state index in [1.165, 1.54) is 0 Å². The summed E-state index contributed by atoms with van der Waals surface area (Å²) in [6.07, 6.45) is 2.16. The van der Waals surface area contributed by atoms with Gasteiger partial charge >= 0.3 is 0 Å². The lowest BCUT2D eigenvalue weighted by Gasteiger charge is -2.23. The molecule has 168 valence electrons. The van der Waals surface area contributed by atoms with E-state index in [2.05, 4.69) is 24.4 Å². The van der Waals surface area contributed by atoms with Crippen LogP contribution in [-0.2, 0) is 16.1 Å². The van der Waals surface area contributed by atoms with Crippen LogP contribution in [0.3, 0.4) is 0 Å². The minimum Gasteiger partial charge on any atom is -0.376 e. The Bertz CT molecular complexity index is 1140. The molecule has 2 aromatic heterocycles. The van der Waals surface area contributed by atoms with E-state index >= 15 is 0 Å². The average molecular weight is 452 g/mol. The molecule has 1 amide bonds. The summed E-state index contributed by atoms with van der Waals surface area (Å²) in [5.74, 6) is 0.423. The predicted molar refractivity (Wildman–Crippen MR) is 127 cm³/mol. The second-order valence-corrected chi connectivity index (χ2v) is 9.51. The Labute approximate surface area is 192 Å². The maximum Gasteiger partial charge on any atom is 0.239 e. The van der Waals surface area contributed by atoms with Gasteiger partial charge in [-0.2, -0.15) is 5.26 Å². The minimum atomic E-state index is -0.150. The van der Waals surface area contributed by atoms with E-state index in [4.69, 9.17) is 9.72 Å². The highest BCUT2D eigenvalue weighted by molar-refractivity contribution is 7.18. The van der Waals surface area contributed by atoms with E-state index in [9.17, 15) is 10.1 Å². The number of hydrogen-bond acceptors (Lipinski definition) is 6.